The molecule has 7 nitrogen and oxygen atoms in total. The summed E-state index contributed by atoms with van der Waals surface area (Å²) in [6, 6.07) is 8.77. The van der Waals surface area contributed by atoms with Crippen LogP contribution in [-0.4, -0.2) is 26.5 Å². The van der Waals surface area contributed by atoms with Gasteiger partial charge in [-0.05, 0) is 42.5 Å². The Kier molecular flexibility index (Phi) is 4.84. The monoisotopic (exact) mass is 351 g/mol. The second-order valence-electron chi connectivity index (χ2n) is 4.86. The molecule has 2 rings (SSSR count). The highest BCUT2D eigenvalue weighted by atomic mass is 32.2. The number of nitrogens with one attached hydrogen (secondary N) is 2. The number of carbonyl (C=O) groups excluding carboxylic acids is 1. The zero-order valence-electron chi connectivity index (χ0n) is 12.5. The lowest BCUT2D eigenvalue weighted by atomic mass is 10.2. The molecular formula is C15H14FN3O4S. The lowest BCUT2D eigenvalue weighted by Gasteiger charge is -2.12. The fourth-order valence-corrected chi connectivity index (χ4v) is 2.66. The van der Waals surface area contributed by atoms with Crippen molar-refractivity contribution in [3.8, 4) is 11.5 Å². The van der Waals surface area contributed by atoms with Crippen LogP contribution in [0.2, 0.25) is 0 Å². The van der Waals surface area contributed by atoms with Gasteiger partial charge in [-0.3, -0.25) is 15.5 Å². The molecule has 2 aromatic rings. The average molecular weight is 351 g/mol. The van der Waals surface area contributed by atoms with Gasteiger partial charge in [0.05, 0.1) is 0 Å². The predicted octanol–water partition coefficient (Wildman–Crippen LogP) is 1.64. The molecule has 1 amide bonds. The molecule has 2 aromatic carbocycles. The Morgan fingerprint density at radius 3 is 2.38 bits per heavy atom. The van der Waals surface area contributed by atoms with Gasteiger partial charge >= 0.3 is 0 Å². The van der Waals surface area contributed by atoms with E-state index >= 15 is 0 Å². The number of amides is 1. The van der Waals surface area contributed by atoms with Gasteiger partial charge in [0.15, 0.2) is 15.8 Å². The molecule has 0 bridgehead atoms. The predicted molar refractivity (Wildman–Crippen MR) is 85.4 cm³/mol. The minimum absolute atomic E-state index is 0.00270. The Labute approximate surface area is 137 Å². The van der Waals surface area contributed by atoms with Gasteiger partial charge in [-0.25, -0.2) is 12.8 Å². The molecule has 0 aliphatic heterocycles. The van der Waals surface area contributed by atoms with Crippen LogP contribution in [0, 0.1) is 11.2 Å². The minimum atomic E-state index is -3.71. The molecule has 0 aromatic heterocycles. The quantitative estimate of drug-likeness (QED) is 0.571. The molecule has 0 saturated heterocycles. The Morgan fingerprint density at radius 2 is 1.83 bits per heavy atom. The number of hydrogen-bond donors (Lipinski definition) is 3. The van der Waals surface area contributed by atoms with Crippen molar-refractivity contribution in [2.75, 3.05) is 6.26 Å². The number of hydrogen-bond acceptors (Lipinski definition) is 5. The summed E-state index contributed by atoms with van der Waals surface area (Å²) in [5.41, 5.74) is 5.07. The smallest absolute Gasteiger partial charge is 0.257 e. The first-order chi connectivity index (χ1) is 11.2. The van der Waals surface area contributed by atoms with E-state index < -0.39 is 27.5 Å². The van der Waals surface area contributed by atoms with E-state index in [1.807, 2.05) is 0 Å². The largest absolute Gasteiger partial charge is 0.456 e. The number of sulfone groups is 1. The van der Waals surface area contributed by atoms with E-state index in [1.54, 1.807) is 0 Å². The lowest BCUT2D eigenvalue weighted by Crippen LogP contribution is -2.35. The van der Waals surface area contributed by atoms with E-state index in [0.717, 1.165) is 12.3 Å². The van der Waals surface area contributed by atoms with E-state index in [2.05, 4.69) is 5.32 Å². The van der Waals surface area contributed by atoms with Gasteiger partial charge < -0.3 is 10.5 Å². The van der Waals surface area contributed by atoms with Crippen LogP contribution < -0.4 is 15.8 Å². The second kappa shape index (κ2) is 6.67. The van der Waals surface area contributed by atoms with Gasteiger partial charge in [0.1, 0.15) is 22.2 Å². The molecule has 0 heterocycles. The highest BCUT2D eigenvalue weighted by Gasteiger charge is 2.19. The number of benzene rings is 2. The third-order valence-electron chi connectivity index (χ3n) is 2.90. The van der Waals surface area contributed by atoms with Crippen LogP contribution in [-0.2, 0) is 9.84 Å². The Balaban J connectivity index is 2.43. The lowest BCUT2D eigenvalue weighted by molar-refractivity contribution is 0.0976. The molecule has 0 saturated carbocycles. The molecule has 126 valence electrons. The zero-order chi connectivity index (χ0) is 17.9. The molecule has 0 radical (unpaired) electrons. The van der Waals surface area contributed by atoms with Crippen LogP contribution in [0.25, 0.3) is 0 Å². The fourth-order valence-electron chi connectivity index (χ4n) is 1.85. The van der Waals surface area contributed by atoms with Gasteiger partial charge in [0.2, 0.25) is 0 Å². The van der Waals surface area contributed by atoms with E-state index in [1.165, 1.54) is 36.4 Å². The van der Waals surface area contributed by atoms with Gasteiger partial charge in [0, 0.05) is 11.8 Å². The molecular weight excluding hydrogens is 337 g/mol. The Hall–Kier alpha value is -2.94. The van der Waals surface area contributed by atoms with Crippen molar-refractivity contribution in [1.82, 2.24) is 5.32 Å². The van der Waals surface area contributed by atoms with Crippen LogP contribution in [0.5, 0.6) is 11.5 Å². The summed E-state index contributed by atoms with van der Waals surface area (Å²) in [5.74, 6) is -1.51. The normalized spacial score (nSPS) is 10.9. The first-order valence-electron chi connectivity index (χ1n) is 6.60. The van der Waals surface area contributed by atoms with Crippen molar-refractivity contribution in [2.45, 2.75) is 4.90 Å². The number of carbonyl (C=O) groups is 1. The summed E-state index contributed by atoms with van der Waals surface area (Å²) in [5, 5.41) is 9.09. The van der Waals surface area contributed by atoms with Crippen LogP contribution in [0.4, 0.5) is 4.39 Å². The second-order valence-corrected chi connectivity index (χ2v) is 6.84. The van der Waals surface area contributed by atoms with Gasteiger partial charge in [-0.15, -0.1) is 0 Å². The van der Waals surface area contributed by atoms with Crippen molar-refractivity contribution in [3.63, 3.8) is 0 Å². The summed E-state index contributed by atoms with van der Waals surface area (Å²) >= 11 is 0. The summed E-state index contributed by atoms with van der Waals surface area (Å²) in [7, 11) is -3.71. The summed E-state index contributed by atoms with van der Waals surface area (Å²) < 4.78 is 42.3. The molecule has 0 spiro atoms. The van der Waals surface area contributed by atoms with Crippen molar-refractivity contribution < 1.29 is 22.3 Å². The molecule has 0 fully saturated rings. The SMILES string of the molecule is CS(=O)(=O)c1cc(C(=O)NC(=N)N)ccc1Oc1ccc(F)cc1. The van der Waals surface area contributed by atoms with Crippen molar-refractivity contribution in [2.24, 2.45) is 5.73 Å². The van der Waals surface area contributed by atoms with Crippen LogP contribution in [0.3, 0.4) is 0 Å². The third-order valence-corrected chi connectivity index (χ3v) is 4.01. The molecule has 9 heteroatoms. The number of nitrogens with two attached hydrogens (primary N) is 1. The van der Waals surface area contributed by atoms with Crippen LogP contribution >= 0.6 is 0 Å². The van der Waals surface area contributed by atoms with E-state index in [4.69, 9.17) is 15.9 Å². The van der Waals surface area contributed by atoms with Gasteiger partial charge in [0.25, 0.3) is 5.91 Å². The number of halogens is 1. The highest BCUT2D eigenvalue weighted by Crippen LogP contribution is 2.30. The number of guanidine groups is 1. The third kappa shape index (κ3) is 4.29. The highest BCUT2D eigenvalue weighted by molar-refractivity contribution is 7.90. The zero-order valence-corrected chi connectivity index (χ0v) is 13.4. The maximum absolute atomic E-state index is 12.9. The van der Waals surface area contributed by atoms with Crippen LogP contribution in [0.15, 0.2) is 47.4 Å². The van der Waals surface area contributed by atoms with Crippen LogP contribution in [0.1, 0.15) is 10.4 Å². The summed E-state index contributed by atoms with van der Waals surface area (Å²) in [6.07, 6.45) is 0.965. The Morgan fingerprint density at radius 1 is 1.21 bits per heavy atom. The van der Waals surface area contributed by atoms with Crippen molar-refractivity contribution in [1.29, 1.82) is 5.41 Å². The standard InChI is InChI=1S/C15H14FN3O4S/c1-24(21,22)13-8-9(14(20)19-15(17)18)2-7-12(13)23-11-5-3-10(16)4-6-11/h2-8H,1H3,(H4,17,18,19,20). The summed E-state index contributed by atoms with van der Waals surface area (Å²) in [4.78, 5) is 11.6. The maximum Gasteiger partial charge on any atom is 0.257 e. The number of rotatable bonds is 4. The van der Waals surface area contributed by atoms with E-state index in [-0.39, 0.29) is 22.0 Å². The number of ether oxygens (including phenoxy) is 1. The van der Waals surface area contributed by atoms with E-state index in [9.17, 15) is 17.6 Å². The summed E-state index contributed by atoms with van der Waals surface area (Å²) in [6.45, 7) is 0. The molecule has 24 heavy (non-hydrogen) atoms. The van der Waals surface area contributed by atoms with Gasteiger partial charge in [-0.2, -0.15) is 0 Å². The minimum Gasteiger partial charge on any atom is -0.456 e. The first kappa shape index (κ1) is 17.4. The maximum atomic E-state index is 12.9. The molecule has 0 aliphatic carbocycles. The van der Waals surface area contributed by atoms with Crippen molar-refractivity contribution in [3.05, 3.63) is 53.8 Å². The Bertz CT molecular complexity index is 895. The molecule has 0 atom stereocenters. The van der Waals surface area contributed by atoms with E-state index in [0.29, 0.717) is 0 Å². The van der Waals surface area contributed by atoms with Gasteiger partial charge in [-0.1, -0.05) is 0 Å². The molecule has 0 unspecified atom stereocenters. The average Bonchev–Trinajstić information content (AvgIpc) is 2.48. The fraction of sp³-hybridized carbons (Fsp3) is 0.0667. The molecule has 0 aliphatic rings. The topological polar surface area (TPSA) is 122 Å². The molecule has 4 N–H and O–H groups in total. The first-order valence-corrected chi connectivity index (χ1v) is 8.49. The van der Waals surface area contributed by atoms with Crippen molar-refractivity contribution >= 4 is 21.7 Å².